The Morgan fingerprint density at radius 1 is 1.23 bits per heavy atom. The Morgan fingerprint density at radius 3 is 2.65 bits per heavy atom. The molecule has 0 radical (unpaired) electrons. The van der Waals surface area contributed by atoms with Gasteiger partial charge in [-0.3, -0.25) is 4.79 Å². The molecule has 9 nitrogen and oxygen atoms in total. The van der Waals surface area contributed by atoms with Crippen molar-refractivity contribution in [2.75, 3.05) is 13.1 Å². The van der Waals surface area contributed by atoms with Crippen LogP contribution in [0.2, 0.25) is 0 Å². The topological polar surface area (TPSA) is 114 Å². The molecule has 0 aromatic heterocycles. The maximum absolute atomic E-state index is 11.9. The minimum Gasteiger partial charge on any atom is -0.445 e. The maximum Gasteiger partial charge on any atom is 0.424 e. The van der Waals surface area contributed by atoms with Gasteiger partial charge in [0.2, 0.25) is 0 Å². The molecule has 0 aliphatic carbocycles. The van der Waals surface area contributed by atoms with Crippen molar-refractivity contribution in [2.24, 2.45) is 0 Å². The van der Waals surface area contributed by atoms with Gasteiger partial charge in [0.1, 0.15) is 18.7 Å². The summed E-state index contributed by atoms with van der Waals surface area (Å²) in [6.45, 7) is 0.694. The first-order valence-corrected chi connectivity index (χ1v) is 8.32. The number of nitrogens with one attached hydrogen (secondary N) is 2. The van der Waals surface area contributed by atoms with Crippen LogP contribution in [0.15, 0.2) is 30.3 Å². The molecule has 0 bridgehead atoms. The van der Waals surface area contributed by atoms with Crippen molar-refractivity contribution in [1.29, 1.82) is 0 Å². The number of β-lactam (4-membered cyclic amide) rings is 1. The average molecular weight is 361 g/mol. The van der Waals surface area contributed by atoms with Crippen LogP contribution < -0.4 is 10.6 Å². The lowest BCUT2D eigenvalue weighted by Crippen LogP contribution is -2.65. The molecule has 26 heavy (non-hydrogen) atoms. The Bertz CT molecular complexity index is 702. The van der Waals surface area contributed by atoms with Crippen LogP contribution >= 0.6 is 0 Å². The molecule has 0 saturated carbocycles. The zero-order valence-electron chi connectivity index (χ0n) is 14.0. The molecule has 2 N–H and O–H groups in total. The van der Waals surface area contributed by atoms with Crippen LogP contribution in [0.1, 0.15) is 18.4 Å². The number of carbonyl (C=O) groups is 4. The summed E-state index contributed by atoms with van der Waals surface area (Å²) >= 11 is 0. The Morgan fingerprint density at radius 2 is 2.00 bits per heavy atom. The normalized spacial score (nSPS) is 21.7. The van der Waals surface area contributed by atoms with E-state index in [1.54, 1.807) is 12.1 Å². The summed E-state index contributed by atoms with van der Waals surface area (Å²) in [6, 6.07) is 7.70. The first-order chi connectivity index (χ1) is 12.5. The maximum atomic E-state index is 11.9. The summed E-state index contributed by atoms with van der Waals surface area (Å²) in [4.78, 5) is 48.0. The number of hydrogen-bond donors (Lipinski definition) is 2. The van der Waals surface area contributed by atoms with Gasteiger partial charge in [-0.15, -0.1) is 0 Å². The average Bonchev–Trinajstić information content (AvgIpc) is 3.18. The van der Waals surface area contributed by atoms with Crippen molar-refractivity contribution < 1.29 is 28.7 Å². The number of rotatable bonds is 4. The van der Waals surface area contributed by atoms with Gasteiger partial charge in [0, 0.05) is 0 Å². The van der Waals surface area contributed by atoms with Crippen LogP contribution in [0.4, 0.5) is 9.59 Å². The molecule has 3 rings (SSSR count). The van der Waals surface area contributed by atoms with Gasteiger partial charge in [-0.05, 0) is 24.9 Å². The number of benzene rings is 1. The highest BCUT2D eigenvalue weighted by atomic mass is 16.6. The summed E-state index contributed by atoms with van der Waals surface area (Å²) < 4.78 is 9.70. The van der Waals surface area contributed by atoms with Crippen LogP contribution in [-0.2, 0) is 25.7 Å². The van der Waals surface area contributed by atoms with Gasteiger partial charge in [-0.25, -0.2) is 19.3 Å². The molecule has 1 aromatic rings. The molecular formula is C17H19N3O6. The van der Waals surface area contributed by atoms with E-state index in [0.717, 1.165) is 16.9 Å². The number of likely N-dealkylation sites (tertiary alicyclic amines) is 1. The molecule has 2 heterocycles. The van der Waals surface area contributed by atoms with Crippen LogP contribution in [-0.4, -0.2) is 54.1 Å². The number of alkyl carbamates (subject to hydrolysis) is 1. The molecule has 9 heteroatoms. The number of ether oxygens (including phenoxy) is 2. The number of hydrogen-bond acceptors (Lipinski definition) is 7. The van der Waals surface area contributed by atoms with Gasteiger partial charge in [0.15, 0.2) is 0 Å². The highest BCUT2D eigenvalue weighted by Gasteiger charge is 2.44. The van der Waals surface area contributed by atoms with Crippen molar-refractivity contribution in [2.45, 2.75) is 31.5 Å². The number of amides is 3. The van der Waals surface area contributed by atoms with E-state index < -0.39 is 36.1 Å². The van der Waals surface area contributed by atoms with Gasteiger partial charge in [0.05, 0.1) is 6.54 Å². The summed E-state index contributed by atoms with van der Waals surface area (Å²) in [5.41, 5.74) is 0.812. The lowest BCUT2D eigenvalue weighted by Gasteiger charge is -2.35. The van der Waals surface area contributed by atoms with E-state index in [1.165, 1.54) is 0 Å². The molecule has 2 atom stereocenters. The fourth-order valence-electron chi connectivity index (χ4n) is 2.70. The van der Waals surface area contributed by atoms with Crippen LogP contribution in [0, 0.1) is 0 Å². The van der Waals surface area contributed by atoms with E-state index in [1.807, 2.05) is 18.2 Å². The van der Waals surface area contributed by atoms with E-state index in [4.69, 9.17) is 4.74 Å². The third kappa shape index (κ3) is 4.17. The fraction of sp³-hybridized carbons (Fsp3) is 0.412. The number of esters is 1. The fourth-order valence-corrected chi connectivity index (χ4v) is 2.70. The SMILES string of the molecule is O=C(NC1CN(C(=O)OC(=O)[C@@H]2CCCN2)C1=O)OCc1ccccc1. The number of carbonyl (C=O) groups excluding carboxylic acids is 4. The highest BCUT2D eigenvalue weighted by Crippen LogP contribution is 2.14. The smallest absolute Gasteiger partial charge is 0.424 e. The van der Waals surface area contributed by atoms with Gasteiger partial charge >= 0.3 is 18.2 Å². The summed E-state index contributed by atoms with van der Waals surface area (Å²) in [5, 5.41) is 5.28. The third-order valence-electron chi connectivity index (χ3n) is 4.19. The minimum atomic E-state index is -1.02. The molecule has 1 unspecified atom stereocenters. The lowest BCUT2D eigenvalue weighted by molar-refractivity contribution is -0.146. The highest BCUT2D eigenvalue weighted by molar-refractivity contribution is 6.04. The molecule has 2 saturated heterocycles. The number of imide groups is 1. The molecule has 3 amide bonds. The summed E-state index contributed by atoms with van der Waals surface area (Å²) in [5.74, 6) is -1.34. The Balaban J connectivity index is 1.39. The minimum absolute atomic E-state index is 0.0660. The second-order valence-corrected chi connectivity index (χ2v) is 6.04. The Hall–Kier alpha value is -2.94. The van der Waals surface area contributed by atoms with E-state index >= 15 is 0 Å². The number of nitrogens with zero attached hydrogens (tertiary/aromatic N) is 1. The molecule has 1 aromatic carbocycles. The summed E-state index contributed by atoms with van der Waals surface area (Å²) in [6.07, 6.45) is -0.360. The van der Waals surface area contributed by atoms with Gasteiger partial charge in [0.25, 0.3) is 5.91 Å². The molecule has 2 aliphatic rings. The van der Waals surface area contributed by atoms with E-state index in [9.17, 15) is 19.2 Å². The van der Waals surface area contributed by atoms with Gasteiger partial charge < -0.3 is 20.1 Å². The molecule has 0 spiro atoms. The zero-order valence-corrected chi connectivity index (χ0v) is 14.0. The first-order valence-electron chi connectivity index (χ1n) is 8.32. The summed E-state index contributed by atoms with van der Waals surface area (Å²) in [7, 11) is 0. The van der Waals surface area contributed by atoms with Crippen molar-refractivity contribution in [1.82, 2.24) is 15.5 Å². The van der Waals surface area contributed by atoms with Crippen molar-refractivity contribution >= 4 is 24.1 Å². The van der Waals surface area contributed by atoms with Crippen molar-refractivity contribution in [3.63, 3.8) is 0 Å². The lowest BCUT2D eigenvalue weighted by atomic mass is 10.1. The zero-order chi connectivity index (χ0) is 18.5. The molecule has 138 valence electrons. The standard InChI is InChI=1S/C17H19N3O6/c21-14-13(19-16(23)25-10-11-5-2-1-3-6-11)9-20(14)17(24)26-15(22)12-7-4-8-18-12/h1-3,5-6,12-13,18H,4,7-10H2,(H,19,23)/t12-,13?/m0/s1. The predicted octanol–water partition coefficient (Wildman–Crippen LogP) is 0.539. The first kappa shape index (κ1) is 17.9. The van der Waals surface area contributed by atoms with Crippen LogP contribution in [0.5, 0.6) is 0 Å². The second-order valence-electron chi connectivity index (χ2n) is 6.04. The third-order valence-corrected chi connectivity index (χ3v) is 4.19. The van der Waals surface area contributed by atoms with Crippen LogP contribution in [0.25, 0.3) is 0 Å². The second kappa shape index (κ2) is 7.96. The van der Waals surface area contributed by atoms with Gasteiger partial charge in [-0.1, -0.05) is 30.3 Å². The van der Waals surface area contributed by atoms with E-state index in [2.05, 4.69) is 15.4 Å². The van der Waals surface area contributed by atoms with Crippen molar-refractivity contribution in [3.8, 4) is 0 Å². The predicted molar refractivity (Wildman–Crippen MR) is 87.8 cm³/mol. The monoisotopic (exact) mass is 361 g/mol. The molecule has 2 fully saturated rings. The Kier molecular flexibility index (Phi) is 5.47. The quantitative estimate of drug-likeness (QED) is 0.457. The molecular weight excluding hydrogens is 342 g/mol. The van der Waals surface area contributed by atoms with E-state index in [-0.39, 0.29) is 13.2 Å². The largest absolute Gasteiger partial charge is 0.445 e. The van der Waals surface area contributed by atoms with E-state index in [0.29, 0.717) is 13.0 Å². The van der Waals surface area contributed by atoms with Crippen molar-refractivity contribution in [3.05, 3.63) is 35.9 Å². The molecule has 2 aliphatic heterocycles. The van der Waals surface area contributed by atoms with Gasteiger partial charge in [-0.2, -0.15) is 0 Å². The Labute approximate surface area is 149 Å². The van der Waals surface area contributed by atoms with Crippen LogP contribution in [0.3, 0.4) is 0 Å².